The number of aromatic nitrogens is 2. The molecule has 0 bridgehead atoms. The Morgan fingerprint density at radius 3 is 2.56 bits per heavy atom. The van der Waals surface area contributed by atoms with Crippen LogP contribution in [0, 0.1) is 0 Å². The molecule has 0 amide bonds. The van der Waals surface area contributed by atoms with E-state index in [1.54, 1.807) is 6.20 Å². The molecule has 0 unspecified atom stereocenters. The van der Waals surface area contributed by atoms with Crippen LogP contribution in [0.3, 0.4) is 0 Å². The molecule has 120 valence electrons. The van der Waals surface area contributed by atoms with Gasteiger partial charge in [0.25, 0.3) is 0 Å². The van der Waals surface area contributed by atoms with E-state index < -0.39 is 0 Å². The van der Waals surface area contributed by atoms with Crippen LogP contribution < -0.4 is 0 Å². The zero-order valence-electron chi connectivity index (χ0n) is 14.3. The highest BCUT2D eigenvalue weighted by Gasteiger charge is 2.35. The van der Waals surface area contributed by atoms with E-state index in [4.69, 9.17) is 4.98 Å². The fourth-order valence-electron chi connectivity index (χ4n) is 4.01. The highest BCUT2D eigenvalue weighted by Crippen LogP contribution is 2.49. The van der Waals surface area contributed by atoms with Crippen LogP contribution in [-0.2, 0) is 5.41 Å². The van der Waals surface area contributed by atoms with Crippen molar-refractivity contribution in [3.05, 3.63) is 84.2 Å². The topological polar surface area (TPSA) is 25.8 Å². The molecule has 0 fully saturated rings. The van der Waals surface area contributed by atoms with Crippen molar-refractivity contribution in [1.29, 1.82) is 0 Å². The lowest BCUT2D eigenvalue weighted by molar-refractivity contribution is 0.660. The smallest absolute Gasteiger partial charge is 0.0892 e. The third-order valence-electron chi connectivity index (χ3n) is 5.37. The number of hydrogen-bond donors (Lipinski definition) is 0. The Morgan fingerprint density at radius 2 is 1.64 bits per heavy atom. The Bertz CT molecular complexity index is 1130. The monoisotopic (exact) mass is 322 g/mol. The van der Waals surface area contributed by atoms with Crippen LogP contribution in [0.1, 0.15) is 25.0 Å². The van der Waals surface area contributed by atoms with Gasteiger partial charge in [-0.15, -0.1) is 0 Å². The van der Waals surface area contributed by atoms with E-state index in [0.29, 0.717) is 0 Å². The van der Waals surface area contributed by atoms with Crippen LogP contribution in [0.2, 0.25) is 0 Å². The van der Waals surface area contributed by atoms with Crippen LogP contribution in [-0.4, -0.2) is 9.97 Å². The molecule has 0 saturated heterocycles. The molecule has 1 aliphatic rings. The van der Waals surface area contributed by atoms with Gasteiger partial charge in [0.05, 0.1) is 17.4 Å². The molecule has 2 heteroatoms. The van der Waals surface area contributed by atoms with Gasteiger partial charge in [0.1, 0.15) is 0 Å². The van der Waals surface area contributed by atoms with Crippen LogP contribution >= 0.6 is 0 Å². The summed E-state index contributed by atoms with van der Waals surface area (Å²) < 4.78 is 0. The Morgan fingerprint density at radius 1 is 0.800 bits per heavy atom. The lowest BCUT2D eigenvalue weighted by atomic mass is 9.82. The van der Waals surface area contributed by atoms with Crippen molar-refractivity contribution in [2.45, 2.75) is 19.3 Å². The minimum absolute atomic E-state index is 0.0468. The standard InChI is InChI=1S/C23H18N2/c1-23(2)19-6-4-3-5-17(19)18-13-16(7-9-20(18)23)21-10-8-15-11-12-24-14-22(15)25-21/h3-14H,1-2H3. The highest BCUT2D eigenvalue weighted by atomic mass is 14.7. The van der Waals surface area contributed by atoms with Crippen molar-refractivity contribution in [3.63, 3.8) is 0 Å². The maximum atomic E-state index is 4.80. The third kappa shape index (κ3) is 2.04. The molecule has 0 radical (unpaired) electrons. The molecule has 0 N–H and O–H groups in total. The van der Waals surface area contributed by atoms with Gasteiger partial charge >= 0.3 is 0 Å². The van der Waals surface area contributed by atoms with Gasteiger partial charge in [0, 0.05) is 22.6 Å². The first-order valence-corrected chi connectivity index (χ1v) is 8.60. The molecule has 0 atom stereocenters. The van der Waals surface area contributed by atoms with E-state index in [1.165, 1.54) is 22.3 Å². The van der Waals surface area contributed by atoms with E-state index in [2.05, 4.69) is 73.4 Å². The summed E-state index contributed by atoms with van der Waals surface area (Å²) in [6, 6.07) is 21.7. The zero-order chi connectivity index (χ0) is 17.0. The predicted octanol–water partition coefficient (Wildman–Crippen LogP) is 5.60. The molecule has 2 aromatic heterocycles. The maximum absolute atomic E-state index is 4.80. The van der Waals surface area contributed by atoms with Gasteiger partial charge < -0.3 is 0 Å². The second-order valence-electron chi connectivity index (χ2n) is 7.20. The lowest BCUT2D eigenvalue weighted by Gasteiger charge is -2.21. The van der Waals surface area contributed by atoms with Gasteiger partial charge in [-0.3, -0.25) is 4.98 Å². The number of benzene rings is 2. The second kappa shape index (κ2) is 5.00. The van der Waals surface area contributed by atoms with Crippen LogP contribution in [0.4, 0.5) is 0 Å². The van der Waals surface area contributed by atoms with Gasteiger partial charge in [-0.2, -0.15) is 0 Å². The van der Waals surface area contributed by atoms with Crippen molar-refractivity contribution in [2.75, 3.05) is 0 Å². The third-order valence-corrected chi connectivity index (χ3v) is 5.37. The number of pyridine rings is 2. The largest absolute Gasteiger partial charge is 0.262 e. The average molecular weight is 322 g/mol. The van der Waals surface area contributed by atoms with E-state index in [0.717, 1.165) is 22.2 Å². The second-order valence-corrected chi connectivity index (χ2v) is 7.20. The predicted molar refractivity (Wildman–Crippen MR) is 103 cm³/mol. The zero-order valence-corrected chi connectivity index (χ0v) is 14.3. The van der Waals surface area contributed by atoms with E-state index >= 15 is 0 Å². The van der Waals surface area contributed by atoms with Crippen LogP contribution in [0.15, 0.2) is 73.1 Å². The first-order chi connectivity index (χ1) is 12.1. The quantitative estimate of drug-likeness (QED) is 0.455. The Labute approximate surface area is 147 Å². The molecule has 2 nitrogen and oxygen atoms in total. The minimum atomic E-state index is 0.0468. The fourth-order valence-corrected chi connectivity index (χ4v) is 4.01. The van der Waals surface area contributed by atoms with Crippen LogP contribution in [0.5, 0.6) is 0 Å². The first-order valence-electron chi connectivity index (χ1n) is 8.60. The summed E-state index contributed by atoms with van der Waals surface area (Å²) in [5.74, 6) is 0. The summed E-state index contributed by atoms with van der Waals surface area (Å²) in [5, 5.41) is 1.12. The molecule has 2 heterocycles. The summed E-state index contributed by atoms with van der Waals surface area (Å²) in [6.45, 7) is 4.61. The molecule has 2 aromatic carbocycles. The maximum Gasteiger partial charge on any atom is 0.0892 e. The van der Waals surface area contributed by atoms with E-state index in [-0.39, 0.29) is 5.41 Å². The molecule has 5 rings (SSSR count). The molecular weight excluding hydrogens is 304 g/mol. The molecule has 1 aliphatic carbocycles. The summed E-state index contributed by atoms with van der Waals surface area (Å²) >= 11 is 0. The van der Waals surface area contributed by atoms with Crippen molar-refractivity contribution in [2.24, 2.45) is 0 Å². The number of fused-ring (bicyclic) bond motifs is 4. The Balaban J connectivity index is 1.71. The first kappa shape index (κ1) is 14.4. The molecule has 0 spiro atoms. The minimum Gasteiger partial charge on any atom is -0.262 e. The van der Waals surface area contributed by atoms with Gasteiger partial charge in [0.15, 0.2) is 0 Å². The van der Waals surface area contributed by atoms with Gasteiger partial charge in [-0.1, -0.05) is 56.3 Å². The summed E-state index contributed by atoms with van der Waals surface area (Å²) in [5.41, 5.74) is 8.57. The lowest BCUT2D eigenvalue weighted by Crippen LogP contribution is -2.14. The van der Waals surface area contributed by atoms with Gasteiger partial charge in [-0.25, -0.2) is 4.98 Å². The molecule has 25 heavy (non-hydrogen) atoms. The number of nitrogens with zero attached hydrogens (tertiary/aromatic N) is 2. The van der Waals surface area contributed by atoms with Crippen molar-refractivity contribution in [1.82, 2.24) is 9.97 Å². The molecular formula is C23H18N2. The molecule has 0 saturated carbocycles. The Kier molecular flexibility index (Phi) is 2.87. The Hall–Kier alpha value is -3.00. The van der Waals surface area contributed by atoms with E-state index in [9.17, 15) is 0 Å². The number of hydrogen-bond acceptors (Lipinski definition) is 2. The van der Waals surface area contributed by atoms with E-state index in [1.807, 2.05) is 12.3 Å². The number of rotatable bonds is 1. The van der Waals surface area contributed by atoms with Gasteiger partial charge in [0.2, 0.25) is 0 Å². The summed E-state index contributed by atoms with van der Waals surface area (Å²) in [4.78, 5) is 8.99. The summed E-state index contributed by atoms with van der Waals surface area (Å²) in [7, 11) is 0. The normalized spacial score (nSPS) is 14.3. The average Bonchev–Trinajstić information content (AvgIpc) is 2.89. The SMILES string of the molecule is CC1(C)c2ccccc2-c2cc(-c3ccc4ccncc4n3)ccc21. The van der Waals surface area contributed by atoms with Crippen molar-refractivity contribution in [3.8, 4) is 22.4 Å². The van der Waals surface area contributed by atoms with Gasteiger partial charge in [-0.05, 0) is 40.5 Å². The summed E-state index contributed by atoms with van der Waals surface area (Å²) in [6.07, 6.45) is 3.63. The highest BCUT2D eigenvalue weighted by molar-refractivity contribution is 5.85. The fraction of sp³-hybridized carbons (Fsp3) is 0.130. The van der Waals surface area contributed by atoms with Crippen molar-refractivity contribution < 1.29 is 0 Å². The molecule has 4 aromatic rings. The van der Waals surface area contributed by atoms with Crippen molar-refractivity contribution >= 4 is 10.9 Å². The van der Waals surface area contributed by atoms with Crippen LogP contribution in [0.25, 0.3) is 33.3 Å². The molecule has 0 aliphatic heterocycles.